The van der Waals surface area contributed by atoms with E-state index in [-0.39, 0.29) is 5.91 Å². The molecule has 0 saturated carbocycles. The third kappa shape index (κ3) is 3.23. The molecule has 1 heterocycles. The first kappa shape index (κ1) is 16.4. The van der Waals surface area contributed by atoms with Gasteiger partial charge in [0.1, 0.15) is 11.5 Å². The van der Waals surface area contributed by atoms with E-state index in [2.05, 4.69) is 6.07 Å². The fraction of sp³-hybridized carbons (Fsp3) is 0.350. The van der Waals surface area contributed by atoms with E-state index in [0.717, 1.165) is 35.6 Å². The summed E-state index contributed by atoms with van der Waals surface area (Å²) < 4.78 is 10.8. The SMILES string of the molecule is CCOc1ccc(C(=O)N2CCc3ccc(OC)cc3C2)cc1C. The fourth-order valence-electron chi connectivity index (χ4n) is 3.12. The van der Waals surface area contributed by atoms with E-state index in [1.807, 2.05) is 49.1 Å². The molecule has 1 amide bonds. The number of amides is 1. The molecular weight excluding hydrogens is 302 g/mol. The maximum absolute atomic E-state index is 12.8. The Kier molecular flexibility index (Phi) is 4.74. The lowest BCUT2D eigenvalue weighted by Gasteiger charge is -2.29. The van der Waals surface area contributed by atoms with Crippen LogP contribution in [-0.2, 0) is 13.0 Å². The molecule has 0 fully saturated rings. The molecule has 1 aliphatic heterocycles. The smallest absolute Gasteiger partial charge is 0.254 e. The zero-order valence-electron chi connectivity index (χ0n) is 14.5. The standard InChI is InChI=1S/C20H23NO3/c1-4-24-19-8-6-16(11-14(19)2)20(22)21-10-9-15-5-7-18(23-3)12-17(15)13-21/h5-8,11-12H,4,9-10,13H2,1-3H3. The number of ether oxygens (including phenoxy) is 2. The second-order valence-electron chi connectivity index (χ2n) is 6.02. The minimum absolute atomic E-state index is 0.0645. The molecule has 126 valence electrons. The van der Waals surface area contributed by atoms with Gasteiger partial charge < -0.3 is 14.4 Å². The first-order valence-corrected chi connectivity index (χ1v) is 8.31. The van der Waals surface area contributed by atoms with Crippen LogP contribution in [0.25, 0.3) is 0 Å². The third-order valence-electron chi connectivity index (χ3n) is 4.43. The van der Waals surface area contributed by atoms with Gasteiger partial charge in [-0.3, -0.25) is 4.79 Å². The second-order valence-corrected chi connectivity index (χ2v) is 6.02. The van der Waals surface area contributed by atoms with E-state index in [1.54, 1.807) is 7.11 Å². The van der Waals surface area contributed by atoms with Gasteiger partial charge in [-0.2, -0.15) is 0 Å². The zero-order chi connectivity index (χ0) is 17.1. The van der Waals surface area contributed by atoms with Gasteiger partial charge in [0.25, 0.3) is 5.91 Å². The Labute approximate surface area is 143 Å². The summed E-state index contributed by atoms with van der Waals surface area (Å²) in [6.45, 7) is 5.91. The quantitative estimate of drug-likeness (QED) is 0.862. The van der Waals surface area contributed by atoms with Gasteiger partial charge >= 0.3 is 0 Å². The van der Waals surface area contributed by atoms with Crippen molar-refractivity contribution in [2.75, 3.05) is 20.3 Å². The molecule has 2 aromatic carbocycles. The lowest BCUT2D eigenvalue weighted by atomic mass is 9.98. The second kappa shape index (κ2) is 6.95. The van der Waals surface area contributed by atoms with Crippen LogP contribution in [-0.4, -0.2) is 31.1 Å². The van der Waals surface area contributed by atoms with Crippen molar-refractivity contribution in [2.45, 2.75) is 26.8 Å². The van der Waals surface area contributed by atoms with E-state index >= 15 is 0 Å². The predicted octanol–water partition coefficient (Wildman–Crippen LogP) is 3.60. The summed E-state index contributed by atoms with van der Waals surface area (Å²) in [5, 5.41) is 0. The van der Waals surface area contributed by atoms with E-state index in [9.17, 15) is 4.79 Å². The van der Waals surface area contributed by atoms with Crippen LogP contribution >= 0.6 is 0 Å². The number of carbonyl (C=O) groups excluding carboxylic acids is 1. The summed E-state index contributed by atoms with van der Waals surface area (Å²) in [6, 6.07) is 11.7. The number of methoxy groups -OCH3 is 1. The van der Waals surface area contributed by atoms with Crippen molar-refractivity contribution in [1.29, 1.82) is 0 Å². The average molecular weight is 325 g/mol. The Morgan fingerprint density at radius 2 is 2.00 bits per heavy atom. The Hall–Kier alpha value is -2.49. The lowest BCUT2D eigenvalue weighted by Crippen LogP contribution is -2.36. The third-order valence-corrected chi connectivity index (χ3v) is 4.43. The number of fused-ring (bicyclic) bond motifs is 1. The highest BCUT2D eigenvalue weighted by molar-refractivity contribution is 5.94. The van der Waals surface area contributed by atoms with E-state index in [0.29, 0.717) is 18.7 Å². The number of aryl methyl sites for hydroxylation is 1. The highest BCUT2D eigenvalue weighted by Crippen LogP contribution is 2.26. The molecule has 0 N–H and O–H groups in total. The van der Waals surface area contributed by atoms with Gasteiger partial charge in [0.05, 0.1) is 13.7 Å². The molecule has 0 bridgehead atoms. The average Bonchev–Trinajstić information content (AvgIpc) is 2.62. The van der Waals surface area contributed by atoms with Gasteiger partial charge in [-0.1, -0.05) is 6.07 Å². The molecule has 0 radical (unpaired) electrons. The molecule has 0 saturated heterocycles. The Bertz CT molecular complexity index is 755. The van der Waals surface area contributed by atoms with Gasteiger partial charge in [-0.05, 0) is 67.3 Å². The van der Waals surface area contributed by atoms with Gasteiger partial charge in [-0.25, -0.2) is 0 Å². The van der Waals surface area contributed by atoms with Crippen LogP contribution in [0.4, 0.5) is 0 Å². The first-order valence-electron chi connectivity index (χ1n) is 8.31. The number of carbonyl (C=O) groups is 1. The molecule has 0 aromatic heterocycles. The molecule has 0 spiro atoms. The number of benzene rings is 2. The van der Waals surface area contributed by atoms with Crippen molar-refractivity contribution >= 4 is 5.91 Å². The fourth-order valence-corrected chi connectivity index (χ4v) is 3.12. The highest BCUT2D eigenvalue weighted by atomic mass is 16.5. The minimum Gasteiger partial charge on any atom is -0.497 e. The molecule has 4 heteroatoms. The van der Waals surface area contributed by atoms with Crippen LogP contribution in [0, 0.1) is 6.92 Å². The Balaban J connectivity index is 1.79. The Morgan fingerprint density at radius 1 is 1.17 bits per heavy atom. The first-order chi connectivity index (χ1) is 11.6. The molecule has 0 aliphatic carbocycles. The summed E-state index contributed by atoms with van der Waals surface area (Å²) in [5.41, 5.74) is 4.16. The summed E-state index contributed by atoms with van der Waals surface area (Å²) in [4.78, 5) is 14.7. The molecule has 3 rings (SSSR count). The number of rotatable bonds is 4. The van der Waals surface area contributed by atoms with Crippen molar-refractivity contribution < 1.29 is 14.3 Å². The number of hydrogen-bond donors (Lipinski definition) is 0. The molecule has 4 nitrogen and oxygen atoms in total. The minimum atomic E-state index is 0.0645. The predicted molar refractivity (Wildman–Crippen MR) is 93.8 cm³/mol. The summed E-state index contributed by atoms with van der Waals surface area (Å²) in [5.74, 6) is 1.73. The van der Waals surface area contributed by atoms with E-state index in [1.165, 1.54) is 5.56 Å². The topological polar surface area (TPSA) is 38.8 Å². The molecular formula is C20H23NO3. The Morgan fingerprint density at radius 3 is 2.71 bits per heavy atom. The van der Waals surface area contributed by atoms with Crippen LogP contribution in [0.1, 0.15) is 34.0 Å². The maximum atomic E-state index is 12.8. The molecule has 1 aliphatic rings. The van der Waals surface area contributed by atoms with Crippen molar-refractivity contribution in [2.24, 2.45) is 0 Å². The van der Waals surface area contributed by atoms with Crippen molar-refractivity contribution in [3.05, 3.63) is 58.7 Å². The number of nitrogens with zero attached hydrogens (tertiary/aromatic N) is 1. The van der Waals surface area contributed by atoms with Gasteiger partial charge in [0.15, 0.2) is 0 Å². The van der Waals surface area contributed by atoms with E-state index in [4.69, 9.17) is 9.47 Å². The maximum Gasteiger partial charge on any atom is 0.254 e. The molecule has 24 heavy (non-hydrogen) atoms. The van der Waals surface area contributed by atoms with Gasteiger partial charge in [-0.15, -0.1) is 0 Å². The van der Waals surface area contributed by atoms with Gasteiger partial charge in [0.2, 0.25) is 0 Å². The van der Waals surface area contributed by atoms with Crippen LogP contribution in [0.3, 0.4) is 0 Å². The van der Waals surface area contributed by atoms with Crippen molar-refractivity contribution in [1.82, 2.24) is 4.90 Å². The van der Waals surface area contributed by atoms with Crippen LogP contribution in [0.2, 0.25) is 0 Å². The molecule has 0 atom stereocenters. The molecule has 0 unspecified atom stereocenters. The van der Waals surface area contributed by atoms with Crippen LogP contribution < -0.4 is 9.47 Å². The summed E-state index contributed by atoms with van der Waals surface area (Å²) >= 11 is 0. The lowest BCUT2D eigenvalue weighted by molar-refractivity contribution is 0.0734. The summed E-state index contributed by atoms with van der Waals surface area (Å²) in [7, 11) is 1.66. The van der Waals surface area contributed by atoms with Crippen molar-refractivity contribution in [3.8, 4) is 11.5 Å². The normalized spacial score (nSPS) is 13.4. The van der Waals surface area contributed by atoms with Crippen LogP contribution in [0.15, 0.2) is 36.4 Å². The number of hydrogen-bond acceptors (Lipinski definition) is 3. The largest absolute Gasteiger partial charge is 0.497 e. The highest BCUT2D eigenvalue weighted by Gasteiger charge is 2.22. The zero-order valence-corrected chi connectivity index (χ0v) is 14.5. The van der Waals surface area contributed by atoms with Crippen molar-refractivity contribution in [3.63, 3.8) is 0 Å². The summed E-state index contributed by atoms with van der Waals surface area (Å²) in [6.07, 6.45) is 0.876. The van der Waals surface area contributed by atoms with E-state index < -0.39 is 0 Å². The van der Waals surface area contributed by atoms with Gasteiger partial charge in [0, 0.05) is 18.7 Å². The monoisotopic (exact) mass is 325 g/mol. The van der Waals surface area contributed by atoms with Crippen LogP contribution in [0.5, 0.6) is 11.5 Å². The molecule has 2 aromatic rings.